The molecule has 11 nitrogen and oxygen atoms in total. The van der Waals surface area contributed by atoms with Crippen LogP contribution in [-0.4, -0.2) is 62.4 Å². The highest BCUT2D eigenvalue weighted by molar-refractivity contribution is 5.84. The smallest absolute Gasteiger partial charge is 0.243 e. The average molecular weight is 384 g/mol. The number of anilines is 1. The molecule has 1 fully saturated rings. The van der Waals surface area contributed by atoms with Crippen LogP contribution in [0.4, 0.5) is 5.82 Å². The topological polar surface area (TPSA) is 143 Å². The molecule has 3 aromatic rings. The predicted molar refractivity (Wildman–Crippen MR) is 94.1 cm³/mol. The first-order valence-corrected chi connectivity index (χ1v) is 8.96. The Kier molecular flexibility index (Phi) is 5.00. The molecular formula is C17H20N8O3. The van der Waals surface area contributed by atoms with E-state index in [0.717, 1.165) is 32.7 Å². The van der Waals surface area contributed by atoms with E-state index < -0.39 is 5.97 Å². The van der Waals surface area contributed by atoms with E-state index in [1.54, 1.807) is 0 Å². The Bertz CT molecular complexity index is 946. The van der Waals surface area contributed by atoms with Crippen LogP contribution in [0.25, 0.3) is 5.82 Å². The Morgan fingerprint density at radius 3 is 2.61 bits per heavy atom. The molecule has 0 amide bonds. The molecule has 11 heteroatoms. The van der Waals surface area contributed by atoms with Crippen molar-refractivity contribution in [2.45, 2.75) is 13.1 Å². The summed E-state index contributed by atoms with van der Waals surface area (Å²) in [7, 11) is 0. The van der Waals surface area contributed by atoms with Crippen LogP contribution in [0.3, 0.4) is 0 Å². The first kappa shape index (κ1) is 18.1. The number of carboxylic acid groups (broad SMARTS) is 1. The predicted octanol–water partition coefficient (Wildman–Crippen LogP) is -2.50. The van der Waals surface area contributed by atoms with Crippen LogP contribution in [0.1, 0.15) is 21.7 Å². The SMILES string of the molecule is Nc1nonc1-n1nnc(C(=O)[O-])c1CN1CC[NH+](Cc2ccccc2)CC1. The zero-order valence-electron chi connectivity index (χ0n) is 15.1. The lowest BCUT2D eigenvalue weighted by Crippen LogP contribution is -3.13. The number of carbonyl (C=O) groups excluding carboxylic acids is 1. The third-order valence-corrected chi connectivity index (χ3v) is 4.89. The average Bonchev–Trinajstić information content (AvgIpc) is 3.30. The first-order valence-electron chi connectivity index (χ1n) is 8.96. The van der Waals surface area contributed by atoms with Gasteiger partial charge in [0.05, 0.1) is 24.8 Å². The molecule has 1 aromatic carbocycles. The zero-order chi connectivity index (χ0) is 19.5. The van der Waals surface area contributed by atoms with Crippen LogP contribution in [0.15, 0.2) is 35.0 Å². The number of nitrogens with zero attached hydrogens (tertiary/aromatic N) is 6. The molecule has 0 saturated carbocycles. The lowest BCUT2D eigenvalue weighted by molar-refractivity contribution is -0.918. The minimum atomic E-state index is -1.40. The Balaban J connectivity index is 1.46. The van der Waals surface area contributed by atoms with E-state index >= 15 is 0 Å². The molecule has 0 spiro atoms. The maximum Gasteiger partial charge on any atom is 0.243 e. The summed E-state index contributed by atoms with van der Waals surface area (Å²) in [6.45, 7) is 4.83. The van der Waals surface area contributed by atoms with Crippen molar-refractivity contribution < 1.29 is 19.4 Å². The van der Waals surface area contributed by atoms with Crippen molar-refractivity contribution >= 4 is 11.8 Å². The van der Waals surface area contributed by atoms with Gasteiger partial charge in [-0.1, -0.05) is 35.5 Å². The van der Waals surface area contributed by atoms with E-state index in [1.165, 1.54) is 15.1 Å². The molecule has 1 aliphatic rings. The van der Waals surface area contributed by atoms with Gasteiger partial charge in [-0.3, -0.25) is 4.90 Å². The van der Waals surface area contributed by atoms with E-state index in [2.05, 4.69) is 42.3 Å². The van der Waals surface area contributed by atoms with Gasteiger partial charge in [0.25, 0.3) is 0 Å². The number of rotatable bonds is 6. The first-order chi connectivity index (χ1) is 13.6. The molecule has 0 radical (unpaired) electrons. The zero-order valence-corrected chi connectivity index (χ0v) is 15.1. The fourth-order valence-corrected chi connectivity index (χ4v) is 3.41. The maximum atomic E-state index is 11.4. The lowest BCUT2D eigenvalue weighted by Gasteiger charge is -2.32. The van der Waals surface area contributed by atoms with Gasteiger partial charge in [-0.25, -0.2) is 4.63 Å². The minimum absolute atomic E-state index is 0.00757. The van der Waals surface area contributed by atoms with E-state index in [0.29, 0.717) is 12.2 Å². The largest absolute Gasteiger partial charge is 0.543 e. The quantitative estimate of drug-likeness (QED) is 0.471. The molecule has 0 unspecified atom stereocenters. The number of nitrogens with one attached hydrogen (secondary N) is 1. The van der Waals surface area contributed by atoms with Crippen molar-refractivity contribution in [1.29, 1.82) is 0 Å². The summed E-state index contributed by atoms with van der Waals surface area (Å²) in [4.78, 5) is 15.1. The number of benzene rings is 1. The third kappa shape index (κ3) is 3.70. The van der Waals surface area contributed by atoms with Crippen LogP contribution in [-0.2, 0) is 13.1 Å². The van der Waals surface area contributed by atoms with Gasteiger partial charge in [-0.05, 0) is 10.3 Å². The van der Waals surface area contributed by atoms with E-state index in [-0.39, 0.29) is 17.3 Å². The van der Waals surface area contributed by atoms with E-state index in [4.69, 9.17) is 5.73 Å². The van der Waals surface area contributed by atoms with Crippen LogP contribution in [0.5, 0.6) is 0 Å². The summed E-state index contributed by atoms with van der Waals surface area (Å²) in [6, 6.07) is 10.4. The molecule has 0 bridgehead atoms. The Morgan fingerprint density at radius 2 is 1.96 bits per heavy atom. The van der Waals surface area contributed by atoms with Crippen LogP contribution in [0, 0.1) is 0 Å². The molecule has 1 aliphatic heterocycles. The minimum Gasteiger partial charge on any atom is -0.543 e. The Hall–Kier alpha value is -3.31. The number of nitrogen functional groups attached to an aromatic ring is 1. The third-order valence-electron chi connectivity index (χ3n) is 4.89. The van der Waals surface area contributed by atoms with Gasteiger partial charge in [-0.2, -0.15) is 4.68 Å². The van der Waals surface area contributed by atoms with Crippen molar-refractivity contribution in [1.82, 2.24) is 30.2 Å². The standard InChI is InChI=1S/C17H20N8O3/c18-15-16(21-28-20-15)25-13(14(17(26)27)19-22-25)11-24-8-6-23(7-9-24)10-12-4-2-1-3-5-12/h1-5H,6-11H2,(H2,18,20)(H,26,27). The van der Waals surface area contributed by atoms with Crippen molar-refractivity contribution in [2.75, 3.05) is 31.9 Å². The molecule has 1 saturated heterocycles. The lowest BCUT2D eigenvalue weighted by atomic mass is 10.2. The summed E-state index contributed by atoms with van der Waals surface area (Å²) >= 11 is 0. The maximum absolute atomic E-state index is 11.4. The number of aromatic nitrogens is 5. The second kappa shape index (κ2) is 7.74. The monoisotopic (exact) mass is 384 g/mol. The number of carbonyl (C=O) groups is 1. The van der Waals surface area contributed by atoms with Crippen molar-refractivity contribution in [3.05, 3.63) is 47.3 Å². The molecule has 3 heterocycles. The molecule has 0 aliphatic carbocycles. The summed E-state index contributed by atoms with van der Waals surface area (Å²) in [5.41, 5.74) is 7.13. The summed E-state index contributed by atoms with van der Waals surface area (Å²) < 4.78 is 5.84. The highest BCUT2D eigenvalue weighted by atomic mass is 16.6. The second-order valence-corrected chi connectivity index (χ2v) is 6.75. The second-order valence-electron chi connectivity index (χ2n) is 6.75. The van der Waals surface area contributed by atoms with Crippen LogP contribution < -0.4 is 15.7 Å². The Morgan fingerprint density at radius 1 is 1.21 bits per heavy atom. The highest BCUT2D eigenvalue weighted by Crippen LogP contribution is 2.17. The molecule has 3 N–H and O–H groups in total. The number of carboxylic acids is 1. The van der Waals surface area contributed by atoms with Gasteiger partial charge >= 0.3 is 0 Å². The van der Waals surface area contributed by atoms with Gasteiger partial charge in [0.2, 0.25) is 11.6 Å². The number of quaternary nitrogens is 1. The fourth-order valence-electron chi connectivity index (χ4n) is 3.41. The number of hydrogen-bond donors (Lipinski definition) is 2. The molecule has 0 atom stereocenters. The molecular weight excluding hydrogens is 364 g/mol. The number of piperazine rings is 1. The van der Waals surface area contributed by atoms with Gasteiger partial charge in [0, 0.05) is 25.2 Å². The molecule has 4 rings (SSSR count). The van der Waals surface area contributed by atoms with E-state index in [9.17, 15) is 9.90 Å². The van der Waals surface area contributed by atoms with Gasteiger partial charge in [0.1, 0.15) is 12.2 Å². The molecule has 146 valence electrons. The molecule has 28 heavy (non-hydrogen) atoms. The fraction of sp³-hybridized carbons (Fsp3) is 0.353. The van der Waals surface area contributed by atoms with Gasteiger partial charge in [-0.15, -0.1) is 5.10 Å². The van der Waals surface area contributed by atoms with Crippen molar-refractivity contribution in [2.24, 2.45) is 0 Å². The number of hydrogen-bond acceptors (Lipinski definition) is 9. The van der Waals surface area contributed by atoms with E-state index in [1.807, 2.05) is 18.2 Å². The Labute approximate surface area is 160 Å². The molecule has 2 aromatic heterocycles. The van der Waals surface area contributed by atoms with Crippen LogP contribution in [0.2, 0.25) is 0 Å². The summed E-state index contributed by atoms with van der Waals surface area (Å²) in [5, 5.41) is 26.2. The van der Waals surface area contributed by atoms with Gasteiger partial charge < -0.3 is 20.5 Å². The number of nitrogens with two attached hydrogens (primary N) is 1. The number of aromatic carboxylic acids is 1. The van der Waals surface area contributed by atoms with Crippen molar-refractivity contribution in [3.63, 3.8) is 0 Å². The van der Waals surface area contributed by atoms with Gasteiger partial charge in [0.15, 0.2) is 0 Å². The highest BCUT2D eigenvalue weighted by Gasteiger charge is 2.25. The summed E-state index contributed by atoms with van der Waals surface area (Å²) in [6.07, 6.45) is 0. The van der Waals surface area contributed by atoms with Crippen molar-refractivity contribution in [3.8, 4) is 5.82 Å². The van der Waals surface area contributed by atoms with Crippen LogP contribution >= 0.6 is 0 Å². The summed E-state index contributed by atoms with van der Waals surface area (Å²) in [5.74, 6) is -1.28. The normalized spacial score (nSPS) is 15.7.